The molecule has 0 aromatic heterocycles. The highest BCUT2D eigenvalue weighted by Crippen LogP contribution is 2.07. The van der Waals surface area contributed by atoms with Crippen LogP contribution in [0.3, 0.4) is 0 Å². The Balaban J connectivity index is 2.64. The molecule has 1 aromatic rings. The molecule has 0 aliphatic heterocycles. The van der Waals surface area contributed by atoms with Crippen LogP contribution < -0.4 is 5.32 Å². The van der Waals surface area contributed by atoms with Gasteiger partial charge in [-0.15, -0.1) is 0 Å². The van der Waals surface area contributed by atoms with Gasteiger partial charge in [0.2, 0.25) is 5.91 Å². The third kappa shape index (κ3) is 4.89. The van der Waals surface area contributed by atoms with Gasteiger partial charge in [0.05, 0.1) is 6.61 Å². The Morgan fingerprint density at radius 3 is 2.74 bits per heavy atom. The highest BCUT2D eigenvalue weighted by Gasteiger charge is 2.18. The molecule has 0 fully saturated rings. The zero-order valence-corrected chi connectivity index (χ0v) is 10.3. The number of ether oxygens (including phenoxy) is 1. The maximum atomic E-state index is 13.3. The Morgan fingerprint density at radius 1 is 1.47 bits per heavy atom. The van der Waals surface area contributed by atoms with Crippen LogP contribution in [-0.4, -0.2) is 36.7 Å². The Kier molecular flexibility index (Phi) is 5.69. The molecule has 0 heterocycles. The molecule has 1 unspecified atom stereocenters. The fourth-order valence-electron chi connectivity index (χ4n) is 1.34. The molecule has 19 heavy (non-hydrogen) atoms. The lowest BCUT2D eigenvalue weighted by molar-refractivity contribution is -0.142. The summed E-state index contributed by atoms with van der Waals surface area (Å²) in [5.41, 5.74) is 0.247. The summed E-state index contributed by atoms with van der Waals surface area (Å²) in [4.78, 5) is 22.3. The third-order valence-corrected chi connectivity index (χ3v) is 2.27. The minimum atomic E-state index is -1.20. The van der Waals surface area contributed by atoms with Crippen LogP contribution in [0.1, 0.15) is 5.56 Å². The van der Waals surface area contributed by atoms with Gasteiger partial charge in [-0.3, -0.25) is 4.79 Å². The largest absolute Gasteiger partial charge is 0.480 e. The van der Waals surface area contributed by atoms with Gasteiger partial charge in [0.25, 0.3) is 0 Å². The summed E-state index contributed by atoms with van der Waals surface area (Å²) in [6.07, 6.45) is 2.35. The fraction of sp³-hybridized carbons (Fsp3) is 0.231. The van der Waals surface area contributed by atoms with Gasteiger partial charge in [-0.25, -0.2) is 9.18 Å². The maximum absolute atomic E-state index is 13.3. The Labute approximate surface area is 109 Å². The number of rotatable bonds is 6. The van der Waals surface area contributed by atoms with Crippen LogP contribution in [0, 0.1) is 5.82 Å². The number of methoxy groups -OCH3 is 1. The van der Waals surface area contributed by atoms with Gasteiger partial charge in [0.1, 0.15) is 5.82 Å². The second kappa shape index (κ2) is 7.27. The van der Waals surface area contributed by atoms with Crippen molar-refractivity contribution < 1.29 is 23.8 Å². The fourth-order valence-corrected chi connectivity index (χ4v) is 1.34. The number of carbonyl (C=O) groups is 2. The van der Waals surface area contributed by atoms with E-state index in [1.807, 2.05) is 0 Å². The lowest BCUT2D eigenvalue weighted by Crippen LogP contribution is -2.43. The van der Waals surface area contributed by atoms with Gasteiger partial charge < -0.3 is 15.2 Å². The smallest absolute Gasteiger partial charge is 0.328 e. The third-order valence-electron chi connectivity index (χ3n) is 2.27. The van der Waals surface area contributed by atoms with Crippen molar-refractivity contribution >= 4 is 18.0 Å². The number of carbonyl (C=O) groups excluding carboxylic acids is 1. The van der Waals surface area contributed by atoms with Gasteiger partial charge in [-0.1, -0.05) is 18.2 Å². The normalized spacial score (nSPS) is 12.3. The minimum absolute atomic E-state index is 0.144. The quantitative estimate of drug-likeness (QED) is 0.755. The molecule has 1 atom stereocenters. The molecule has 0 aliphatic rings. The van der Waals surface area contributed by atoms with Gasteiger partial charge in [0.15, 0.2) is 6.04 Å². The number of carboxylic acid groups (broad SMARTS) is 1. The Morgan fingerprint density at radius 2 is 2.16 bits per heavy atom. The number of hydrogen-bond donors (Lipinski definition) is 2. The average Bonchev–Trinajstić information content (AvgIpc) is 2.37. The van der Waals surface area contributed by atoms with Crippen LogP contribution in [0.2, 0.25) is 0 Å². The Bertz CT molecular complexity index is 487. The second-order valence-corrected chi connectivity index (χ2v) is 3.71. The van der Waals surface area contributed by atoms with Crippen LogP contribution in [0.5, 0.6) is 0 Å². The summed E-state index contributed by atoms with van der Waals surface area (Å²) < 4.78 is 17.9. The molecule has 6 heteroatoms. The second-order valence-electron chi connectivity index (χ2n) is 3.71. The van der Waals surface area contributed by atoms with E-state index in [1.54, 1.807) is 6.07 Å². The van der Waals surface area contributed by atoms with E-state index in [0.717, 1.165) is 6.08 Å². The minimum Gasteiger partial charge on any atom is -0.480 e. The molecule has 1 aromatic carbocycles. The first-order valence-electron chi connectivity index (χ1n) is 5.49. The molecule has 2 N–H and O–H groups in total. The summed E-state index contributed by atoms with van der Waals surface area (Å²) >= 11 is 0. The van der Waals surface area contributed by atoms with Crippen molar-refractivity contribution in [1.29, 1.82) is 0 Å². The Hall–Kier alpha value is -2.21. The number of hydrogen-bond acceptors (Lipinski definition) is 3. The number of carboxylic acids is 1. The van der Waals surface area contributed by atoms with E-state index in [9.17, 15) is 14.0 Å². The number of halogens is 1. The van der Waals surface area contributed by atoms with E-state index < -0.39 is 23.7 Å². The van der Waals surface area contributed by atoms with E-state index in [4.69, 9.17) is 5.11 Å². The molecule has 1 rings (SSSR count). The van der Waals surface area contributed by atoms with Gasteiger partial charge in [0, 0.05) is 18.7 Å². The lowest BCUT2D eigenvalue weighted by atomic mass is 10.2. The molecule has 5 nitrogen and oxygen atoms in total. The first-order valence-corrected chi connectivity index (χ1v) is 5.49. The van der Waals surface area contributed by atoms with Crippen LogP contribution in [0.4, 0.5) is 4.39 Å². The SMILES string of the molecule is COCC(NC(=O)/C=C/c1ccccc1F)C(=O)O. The highest BCUT2D eigenvalue weighted by atomic mass is 19.1. The first kappa shape index (κ1) is 14.8. The number of amides is 1. The van der Waals surface area contributed by atoms with Crippen molar-refractivity contribution in [2.24, 2.45) is 0 Å². The molecule has 102 valence electrons. The van der Waals surface area contributed by atoms with E-state index in [0.29, 0.717) is 0 Å². The topological polar surface area (TPSA) is 75.6 Å². The molecule has 0 saturated heterocycles. The van der Waals surface area contributed by atoms with Crippen molar-refractivity contribution in [2.75, 3.05) is 13.7 Å². The highest BCUT2D eigenvalue weighted by molar-refractivity contribution is 5.94. The molecule has 0 radical (unpaired) electrons. The molecule has 0 bridgehead atoms. The van der Waals surface area contributed by atoms with Gasteiger partial charge in [-0.2, -0.15) is 0 Å². The predicted octanol–water partition coefficient (Wildman–Crippen LogP) is 1.05. The molecular weight excluding hydrogens is 253 g/mol. The molecule has 1 amide bonds. The number of benzene rings is 1. The molecule has 0 saturated carbocycles. The van der Waals surface area contributed by atoms with Crippen molar-refractivity contribution in [3.63, 3.8) is 0 Å². The van der Waals surface area contributed by atoms with Crippen LogP contribution in [0.15, 0.2) is 30.3 Å². The molecule has 0 aliphatic carbocycles. The summed E-state index contributed by atoms with van der Waals surface area (Å²) in [6.45, 7) is -0.144. The zero-order valence-electron chi connectivity index (χ0n) is 10.3. The van der Waals surface area contributed by atoms with Gasteiger partial charge >= 0.3 is 5.97 Å². The van der Waals surface area contributed by atoms with E-state index in [2.05, 4.69) is 10.1 Å². The van der Waals surface area contributed by atoms with E-state index in [1.165, 1.54) is 31.4 Å². The van der Waals surface area contributed by atoms with Crippen molar-refractivity contribution in [3.05, 3.63) is 41.7 Å². The summed E-state index contributed by atoms with van der Waals surface area (Å²) in [5.74, 6) is -2.29. The van der Waals surface area contributed by atoms with Gasteiger partial charge in [-0.05, 0) is 12.1 Å². The van der Waals surface area contributed by atoms with Crippen LogP contribution in [-0.2, 0) is 14.3 Å². The van der Waals surface area contributed by atoms with Crippen molar-refractivity contribution in [1.82, 2.24) is 5.32 Å². The van der Waals surface area contributed by atoms with E-state index >= 15 is 0 Å². The lowest BCUT2D eigenvalue weighted by Gasteiger charge is -2.11. The summed E-state index contributed by atoms with van der Waals surface area (Å²) in [7, 11) is 1.33. The molecular formula is C13H14FNO4. The van der Waals surface area contributed by atoms with Crippen molar-refractivity contribution in [2.45, 2.75) is 6.04 Å². The van der Waals surface area contributed by atoms with Crippen LogP contribution >= 0.6 is 0 Å². The van der Waals surface area contributed by atoms with Crippen LogP contribution in [0.25, 0.3) is 6.08 Å². The zero-order chi connectivity index (χ0) is 14.3. The first-order chi connectivity index (χ1) is 9.04. The average molecular weight is 267 g/mol. The molecule has 0 spiro atoms. The monoisotopic (exact) mass is 267 g/mol. The summed E-state index contributed by atoms with van der Waals surface area (Å²) in [5, 5.41) is 11.0. The number of aliphatic carboxylic acids is 1. The maximum Gasteiger partial charge on any atom is 0.328 e. The van der Waals surface area contributed by atoms with Crippen molar-refractivity contribution in [3.8, 4) is 0 Å². The standard InChI is InChI=1S/C13H14FNO4/c1-19-8-11(13(17)18)15-12(16)7-6-9-4-2-3-5-10(9)14/h2-7,11H,8H2,1H3,(H,15,16)(H,17,18)/b7-6+. The van der Waals surface area contributed by atoms with E-state index in [-0.39, 0.29) is 12.2 Å². The predicted molar refractivity (Wildman–Crippen MR) is 66.9 cm³/mol. The summed E-state index contributed by atoms with van der Waals surface area (Å²) in [6, 6.07) is 4.80. The number of nitrogens with one attached hydrogen (secondary N) is 1.